The number of ether oxygens (including phenoxy) is 4. The molecule has 192 valence electrons. The van der Waals surface area contributed by atoms with Crippen LogP contribution in [-0.2, 0) is 0 Å². The zero-order valence-electron chi connectivity index (χ0n) is 21.2. The van der Waals surface area contributed by atoms with E-state index in [2.05, 4.69) is 15.6 Å². The van der Waals surface area contributed by atoms with E-state index >= 15 is 0 Å². The zero-order valence-corrected chi connectivity index (χ0v) is 21.2. The molecule has 0 amide bonds. The summed E-state index contributed by atoms with van der Waals surface area (Å²) in [5, 5.41) is 17.6. The minimum absolute atomic E-state index is 0.0181. The molecule has 0 bridgehead atoms. The van der Waals surface area contributed by atoms with E-state index in [9.17, 15) is 10.1 Å². The van der Waals surface area contributed by atoms with Crippen LogP contribution in [0.25, 0.3) is 6.08 Å². The highest BCUT2D eigenvalue weighted by Crippen LogP contribution is 2.40. The number of aliphatic imine (C=N–C) groups is 1. The van der Waals surface area contributed by atoms with Gasteiger partial charge in [0.25, 0.3) is 5.69 Å². The SMILES string of the molecule is COc1cc(NC(=Nc2ccc([N+](=O)[O-])cc2)Nc2ccc3c(c2)C=CC(C)(C)O3)cc(OC)c1OC. The highest BCUT2D eigenvalue weighted by Gasteiger charge is 2.22. The molecule has 3 aromatic carbocycles. The molecule has 37 heavy (non-hydrogen) atoms. The van der Waals surface area contributed by atoms with E-state index in [0.717, 1.165) is 17.0 Å². The fraction of sp³-hybridized carbons (Fsp3) is 0.222. The number of nitro groups is 1. The van der Waals surface area contributed by atoms with Gasteiger partial charge < -0.3 is 29.6 Å². The second-order valence-electron chi connectivity index (χ2n) is 8.69. The maximum Gasteiger partial charge on any atom is 0.269 e. The highest BCUT2D eigenvalue weighted by molar-refractivity contribution is 6.05. The van der Waals surface area contributed by atoms with E-state index in [1.165, 1.54) is 33.5 Å². The van der Waals surface area contributed by atoms with Crippen LogP contribution in [0.15, 0.2) is 65.7 Å². The Kier molecular flexibility index (Phi) is 7.19. The van der Waals surface area contributed by atoms with Crippen molar-refractivity contribution < 1.29 is 23.9 Å². The highest BCUT2D eigenvalue weighted by atomic mass is 16.6. The topological polar surface area (TPSA) is 116 Å². The molecule has 0 atom stereocenters. The van der Waals surface area contributed by atoms with Gasteiger partial charge in [-0.3, -0.25) is 10.1 Å². The Morgan fingerprint density at radius 3 is 2.16 bits per heavy atom. The lowest BCUT2D eigenvalue weighted by Crippen LogP contribution is -2.27. The summed E-state index contributed by atoms with van der Waals surface area (Å²) in [5.74, 6) is 2.55. The number of benzene rings is 3. The Labute approximate surface area is 214 Å². The van der Waals surface area contributed by atoms with E-state index in [0.29, 0.717) is 34.6 Å². The number of hydrogen-bond donors (Lipinski definition) is 2. The number of nitrogens with zero attached hydrogens (tertiary/aromatic N) is 2. The number of non-ortho nitro benzene ring substituents is 1. The predicted octanol–water partition coefficient (Wildman–Crippen LogP) is 6.02. The van der Waals surface area contributed by atoms with Gasteiger partial charge in [-0.25, -0.2) is 4.99 Å². The van der Waals surface area contributed by atoms with Crippen molar-refractivity contribution in [1.82, 2.24) is 0 Å². The minimum Gasteiger partial charge on any atom is -0.493 e. The number of rotatable bonds is 7. The number of fused-ring (bicyclic) bond motifs is 1. The lowest BCUT2D eigenvalue weighted by Gasteiger charge is -2.28. The van der Waals surface area contributed by atoms with Gasteiger partial charge in [-0.15, -0.1) is 0 Å². The molecule has 0 radical (unpaired) electrons. The molecule has 10 nitrogen and oxygen atoms in total. The smallest absolute Gasteiger partial charge is 0.269 e. The Morgan fingerprint density at radius 1 is 0.919 bits per heavy atom. The number of hydrogen-bond acceptors (Lipinski definition) is 7. The molecule has 0 saturated carbocycles. The second-order valence-corrected chi connectivity index (χ2v) is 8.69. The van der Waals surface area contributed by atoms with Gasteiger partial charge in [0.05, 0.1) is 31.9 Å². The van der Waals surface area contributed by atoms with Gasteiger partial charge in [0.2, 0.25) is 11.7 Å². The van der Waals surface area contributed by atoms with Crippen LogP contribution in [0, 0.1) is 10.1 Å². The fourth-order valence-electron chi connectivity index (χ4n) is 3.75. The third-order valence-corrected chi connectivity index (χ3v) is 5.54. The van der Waals surface area contributed by atoms with E-state index in [1.54, 1.807) is 24.3 Å². The molecule has 0 aliphatic carbocycles. The molecular formula is C27H28N4O6. The van der Waals surface area contributed by atoms with Crippen LogP contribution >= 0.6 is 0 Å². The van der Waals surface area contributed by atoms with E-state index in [-0.39, 0.29) is 11.3 Å². The van der Waals surface area contributed by atoms with Crippen LogP contribution in [0.5, 0.6) is 23.0 Å². The monoisotopic (exact) mass is 504 g/mol. The van der Waals surface area contributed by atoms with Gasteiger partial charge in [0.1, 0.15) is 11.4 Å². The van der Waals surface area contributed by atoms with E-state index in [4.69, 9.17) is 18.9 Å². The first-order valence-corrected chi connectivity index (χ1v) is 11.4. The summed E-state index contributed by atoms with van der Waals surface area (Å²) >= 11 is 0. The molecule has 1 heterocycles. The van der Waals surface area contributed by atoms with Crippen LogP contribution in [0.3, 0.4) is 0 Å². The average molecular weight is 505 g/mol. The Morgan fingerprint density at radius 2 is 1.57 bits per heavy atom. The molecule has 4 rings (SSSR count). The lowest BCUT2D eigenvalue weighted by atomic mass is 10.0. The molecule has 3 aromatic rings. The van der Waals surface area contributed by atoms with Crippen molar-refractivity contribution in [2.24, 2.45) is 4.99 Å². The third-order valence-electron chi connectivity index (χ3n) is 5.54. The lowest BCUT2D eigenvalue weighted by molar-refractivity contribution is -0.384. The summed E-state index contributed by atoms with van der Waals surface area (Å²) in [7, 11) is 4.61. The summed E-state index contributed by atoms with van der Waals surface area (Å²) in [6, 6.07) is 15.2. The fourth-order valence-corrected chi connectivity index (χ4v) is 3.75. The van der Waals surface area contributed by atoms with E-state index in [1.807, 2.05) is 44.2 Å². The minimum atomic E-state index is -0.454. The largest absolute Gasteiger partial charge is 0.493 e. The first kappa shape index (κ1) is 25.4. The average Bonchev–Trinajstić information content (AvgIpc) is 2.88. The molecule has 1 aliphatic rings. The van der Waals surface area contributed by atoms with E-state index < -0.39 is 4.92 Å². The van der Waals surface area contributed by atoms with Gasteiger partial charge in [-0.2, -0.15) is 0 Å². The molecule has 0 saturated heterocycles. The number of nitro benzene ring substituents is 1. The standard InChI is InChI=1S/C27H28N4O6/c1-27(2)13-12-17-14-19(8-11-22(17)37-27)29-26(28-18-6-9-21(10-7-18)31(32)33)30-20-15-23(34-3)25(36-5)24(16-20)35-4/h6-16H,1-5H3,(H2,28,29,30). The Balaban J connectivity index is 1.70. The van der Waals surface area contributed by atoms with Crippen molar-refractivity contribution in [3.8, 4) is 23.0 Å². The van der Waals surface area contributed by atoms with Crippen molar-refractivity contribution in [3.05, 3.63) is 76.4 Å². The quantitative estimate of drug-likeness (QED) is 0.174. The number of methoxy groups -OCH3 is 3. The van der Waals surface area contributed by atoms with Gasteiger partial charge in [-0.1, -0.05) is 6.08 Å². The Hall–Kier alpha value is -4.73. The van der Waals surface area contributed by atoms with Gasteiger partial charge in [-0.05, 0) is 50.3 Å². The molecular weight excluding hydrogens is 476 g/mol. The first-order chi connectivity index (χ1) is 17.7. The van der Waals surface area contributed by atoms with Crippen LogP contribution in [0.1, 0.15) is 19.4 Å². The second kappa shape index (κ2) is 10.5. The molecule has 2 N–H and O–H groups in total. The summed E-state index contributed by atoms with van der Waals surface area (Å²) in [4.78, 5) is 15.2. The summed E-state index contributed by atoms with van der Waals surface area (Å²) in [6.45, 7) is 3.99. The molecule has 0 unspecified atom stereocenters. The number of nitrogens with one attached hydrogen (secondary N) is 2. The summed E-state index contributed by atoms with van der Waals surface area (Å²) in [5.41, 5.74) is 2.41. The van der Waals surface area contributed by atoms with Crippen molar-refractivity contribution in [2.45, 2.75) is 19.4 Å². The van der Waals surface area contributed by atoms with Crippen LogP contribution in [0.4, 0.5) is 22.7 Å². The van der Waals surface area contributed by atoms with Crippen LogP contribution in [-0.4, -0.2) is 37.8 Å². The third kappa shape index (κ3) is 5.92. The maximum atomic E-state index is 11.0. The molecule has 0 fully saturated rings. The normalized spacial score (nSPS) is 13.7. The van der Waals surface area contributed by atoms with Gasteiger partial charge in [0.15, 0.2) is 11.5 Å². The molecule has 0 aromatic heterocycles. The maximum absolute atomic E-state index is 11.0. The van der Waals surface area contributed by atoms with Gasteiger partial charge >= 0.3 is 0 Å². The van der Waals surface area contributed by atoms with Crippen molar-refractivity contribution >= 4 is 34.8 Å². The zero-order chi connectivity index (χ0) is 26.6. The number of guanidine groups is 1. The van der Waals surface area contributed by atoms with Crippen molar-refractivity contribution in [2.75, 3.05) is 32.0 Å². The van der Waals surface area contributed by atoms with Crippen molar-refractivity contribution in [1.29, 1.82) is 0 Å². The predicted molar refractivity (Wildman–Crippen MR) is 144 cm³/mol. The van der Waals surface area contributed by atoms with Crippen molar-refractivity contribution in [3.63, 3.8) is 0 Å². The molecule has 1 aliphatic heterocycles. The van der Waals surface area contributed by atoms with Crippen LogP contribution in [0.2, 0.25) is 0 Å². The Bertz CT molecular complexity index is 1340. The first-order valence-electron chi connectivity index (χ1n) is 11.4. The summed E-state index contributed by atoms with van der Waals surface area (Å²) in [6.07, 6.45) is 4.02. The van der Waals surface area contributed by atoms with Crippen LogP contribution < -0.4 is 29.6 Å². The summed E-state index contributed by atoms with van der Waals surface area (Å²) < 4.78 is 22.4. The molecule has 10 heteroatoms. The molecule has 0 spiro atoms. The van der Waals surface area contributed by atoms with Gasteiger partial charge in [0, 0.05) is 41.2 Å². The number of anilines is 2.